The molecule has 0 spiro atoms. The number of hydrogen-bond acceptors (Lipinski definition) is 1. The van der Waals surface area contributed by atoms with Crippen molar-refractivity contribution in [1.29, 1.82) is 0 Å². The Labute approximate surface area is 70.9 Å². The first kappa shape index (κ1) is 11.8. The number of hydrogen-bond donors (Lipinski definition) is 0. The number of rotatable bonds is 6. The minimum Gasteiger partial charge on any atom is -0.372 e. The molecule has 73 valence electrons. The highest BCUT2D eigenvalue weighted by Gasteiger charge is 2.26. The van der Waals surface area contributed by atoms with Gasteiger partial charge in [-0.05, 0) is 6.42 Å². The summed E-state index contributed by atoms with van der Waals surface area (Å²) < 4.78 is 38.9. The molecule has 0 atom stereocenters. The van der Waals surface area contributed by atoms with Crippen LogP contribution in [0.1, 0.15) is 25.7 Å². The summed E-state index contributed by atoms with van der Waals surface area (Å²) in [4.78, 5) is 0. The Morgan fingerprint density at radius 3 is 2.25 bits per heavy atom. The molecule has 4 heteroatoms. The molecule has 0 aliphatic carbocycles. The van der Waals surface area contributed by atoms with Crippen LogP contribution in [0.15, 0.2) is 0 Å². The van der Waals surface area contributed by atoms with Crippen molar-refractivity contribution in [2.45, 2.75) is 31.9 Å². The van der Waals surface area contributed by atoms with E-state index in [9.17, 15) is 13.2 Å². The SMILES string of the molecule is [CH2]CCCCCOCC(F)(F)F. The molecule has 0 aliphatic rings. The highest BCUT2D eigenvalue weighted by Crippen LogP contribution is 2.14. The Kier molecular flexibility index (Phi) is 6.16. The quantitative estimate of drug-likeness (QED) is 0.575. The zero-order valence-electron chi connectivity index (χ0n) is 6.99. The molecule has 0 N–H and O–H groups in total. The number of halogens is 3. The molecule has 0 unspecified atom stereocenters. The van der Waals surface area contributed by atoms with E-state index in [-0.39, 0.29) is 6.61 Å². The topological polar surface area (TPSA) is 9.23 Å². The van der Waals surface area contributed by atoms with Gasteiger partial charge < -0.3 is 4.74 Å². The standard InChI is InChI=1S/C8H14F3O/c1-2-3-4-5-6-12-7-8(9,10)11/h1-7H2. The molecule has 0 aliphatic heterocycles. The molecule has 1 nitrogen and oxygen atoms in total. The maximum Gasteiger partial charge on any atom is 0.411 e. The van der Waals surface area contributed by atoms with Gasteiger partial charge in [0.05, 0.1) is 0 Å². The predicted octanol–water partition coefficient (Wildman–Crippen LogP) is 2.96. The van der Waals surface area contributed by atoms with Gasteiger partial charge in [0.1, 0.15) is 6.61 Å². The van der Waals surface area contributed by atoms with Gasteiger partial charge in [-0.15, -0.1) is 0 Å². The van der Waals surface area contributed by atoms with Crippen molar-refractivity contribution < 1.29 is 17.9 Å². The average Bonchev–Trinajstić information content (AvgIpc) is 1.94. The lowest BCUT2D eigenvalue weighted by atomic mass is 10.2. The second kappa shape index (κ2) is 6.29. The van der Waals surface area contributed by atoms with Crippen LogP contribution in [0, 0.1) is 6.92 Å². The zero-order valence-corrected chi connectivity index (χ0v) is 6.99. The van der Waals surface area contributed by atoms with Crippen LogP contribution in [0.25, 0.3) is 0 Å². The fraction of sp³-hybridized carbons (Fsp3) is 0.875. The summed E-state index contributed by atoms with van der Waals surface area (Å²) in [7, 11) is 0. The van der Waals surface area contributed by atoms with Gasteiger partial charge in [0.15, 0.2) is 0 Å². The van der Waals surface area contributed by atoms with Crippen molar-refractivity contribution in [3.63, 3.8) is 0 Å². The smallest absolute Gasteiger partial charge is 0.372 e. The van der Waals surface area contributed by atoms with Crippen molar-refractivity contribution in [2.24, 2.45) is 0 Å². The first-order valence-electron chi connectivity index (χ1n) is 4.00. The summed E-state index contributed by atoms with van der Waals surface area (Å²) in [5, 5.41) is 0. The molecule has 0 aromatic rings. The average molecular weight is 183 g/mol. The van der Waals surface area contributed by atoms with E-state index in [0.717, 1.165) is 19.3 Å². The van der Waals surface area contributed by atoms with E-state index in [0.29, 0.717) is 6.42 Å². The van der Waals surface area contributed by atoms with Crippen LogP contribution in [-0.2, 0) is 4.74 Å². The third kappa shape index (κ3) is 9.75. The van der Waals surface area contributed by atoms with Gasteiger partial charge in [-0.25, -0.2) is 0 Å². The Hall–Kier alpha value is -0.250. The van der Waals surface area contributed by atoms with Gasteiger partial charge in [0.25, 0.3) is 0 Å². The van der Waals surface area contributed by atoms with Gasteiger partial charge in [0, 0.05) is 6.61 Å². The molecular weight excluding hydrogens is 169 g/mol. The predicted molar refractivity (Wildman–Crippen MR) is 40.7 cm³/mol. The van der Waals surface area contributed by atoms with E-state index in [4.69, 9.17) is 0 Å². The molecule has 1 radical (unpaired) electrons. The molecule has 0 aromatic heterocycles. The molecular formula is C8H14F3O. The molecule has 0 bridgehead atoms. The number of alkyl halides is 3. The number of unbranched alkanes of at least 4 members (excludes halogenated alkanes) is 3. The van der Waals surface area contributed by atoms with Crippen molar-refractivity contribution in [3.05, 3.63) is 6.92 Å². The second-order valence-corrected chi connectivity index (χ2v) is 2.58. The first-order chi connectivity index (χ1) is 5.56. The van der Waals surface area contributed by atoms with Gasteiger partial charge in [-0.2, -0.15) is 13.2 Å². The van der Waals surface area contributed by atoms with E-state index in [1.54, 1.807) is 0 Å². The summed E-state index contributed by atoms with van der Waals surface area (Å²) in [5.41, 5.74) is 0. The Morgan fingerprint density at radius 2 is 1.75 bits per heavy atom. The monoisotopic (exact) mass is 183 g/mol. The first-order valence-corrected chi connectivity index (χ1v) is 4.00. The largest absolute Gasteiger partial charge is 0.411 e. The summed E-state index contributed by atoms with van der Waals surface area (Å²) in [6.45, 7) is 2.69. The van der Waals surface area contributed by atoms with Crippen molar-refractivity contribution in [3.8, 4) is 0 Å². The van der Waals surface area contributed by atoms with E-state index in [2.05, 4.69) is 11.7 Å². The third-order valence-corrected chi connectivity index (χ3v) is 1.30. The highest BCUT2D eigenvalue weighted by molar-refractivity contribution is 4.47. The molecule has 0 aromatic carbocycles. The molecule has 0 saturated carbocycles. The highest BCUT2D eigenvalue weighted by atomic mass is 19.4. The minimum absolute atomic E-state index is 0.194. The lowest BCUT2D eigenvalue weighted by Gasteiger charge is -2.06. The van der Waals surface area contributed by atoms with Crippen LogP contribution < -0.4 is 0 Å². The van der Waals surface area contributed by atoms with Gasteiger partial charge in [0.2, 0.25) is 0 Å². The van der Waals surface area contributed by atoms with Crippen LogP contribution in [0.2, 0.25) is 0 Å². The van der Waals surface area contributed by atoms with E-state index in [1.165, 1.54) is 0 Å². The third-order valence-electron chi connectivity index (χ3n) is 1.30. The summed E-state index contributed by atoms with van der Waals surface area (Å²) in [6.07, 6.45) is -0.825. The van der Waals surface area contributed by atoms with Crippen LogP contribution >= 0.6 is 0 Å². The van der Waals surface area contributed by atoms with Crippen LogP contribution in [0.3, 0.4) is 0 Å². The lowest BCUT2D eigenvalue weighted by Crippen LogP contribution is -2.17. The minimum atomic E-state index is -4.19. The summed E-state index contributed by atoms with van der Waals surface area (Å²) in [5.74, 6) is 0. The van der Waals surface area contributed by atoms with Crippen molar-refractivity contribution in [2.75, 3.05) is 13.2 Å². The Balaban J connectivity index is 3.01. The van der Waals surface area contributed by atoms with Crippen molar-refractivity contribution >= 4 is 0 Å². The van der Waals surface area contributed by atoms with Crippen molar-refractivity contribution in [1.82, 2.24) is 0 Å². The van der Waals surface area contributed by atoms with E-state index >= 15 is 0 Å². The van der Waals surface area contributed by atoms with E-state index in [1.807, 2.05) is 0 Å². The van der Waals surface area contributed by atoms with Crippen LogP contribution in [0.4, 0.5) is 13.2 Å². The zero-order chi connectivity index (χ0) is 9.45. The molecule has 0 amide bonds. The molecule has 0 heterocycles. The summed E-state index contributed by atoms with van der Waals surface area (Å²) in [6, 6.07) is 0. The maximum absolute atomic E-state index is 11.5. The van der Waals surface area contributed by atoms with Gasteiger partial charge >= 0.3 is 6.18 Å². The Morgan fingerprint density at radius 1 is 1.08 bits per heavy atom. The van der Waals surface area contributed by atoms with Gasteiger partial charge in [-0.3, -0.25) is 0 Å². The van der Waals surface area contributed by atoms with Crippen LogP contribution in [-0.4, -0.2) is 19.4 Å². The van der Waals surface area contributed by atoms with E-state index < -0.39 is 12.8 Å². The second-order valence-electron chi connectivity index (χ2n) is 2.58. The molecule has 0 saturated heterocycles. The fourth-order valence-electron chi connectivity index (χ4n) is 0.746. The molecule has 12 heavy (non-hydrogen) atoms. The van der Waals surface area contributed by atoms with Gasteiger partial charge in [-0.1, -0.05) is 26.2 Å². The molecule has 0 fully saturated rings. The Bertz CT molecular complexity index is 101. The maximum atomic E-state index is 11.5. The number of ether oxygens (including phenoxy) is 1. The normalized spacial score (nSPS) is 12.0. The summed E-state index contributed by atoms with van der Waals surface area (Å²) >= 11 is 0. The fourth-order valence-corrected chi connectivity index (χ4v) is 0.746. The molecule has 0 rings (SSSR count). The lowest BCUT2D eigenvalue weighted by molar-refractivity contribution is -0.174. The van der Waals surface area contributed by atoms with Crippen LogP contribution in [0.5, 0.6) is 0 Å².